The molecule has 0 aromatic carbocycles. The Kier molecular flexibility index (Phi) is 2.56. The smallest absolute Gasteiger partial charge is 0.254 e. The van der Waals surface area contributed by atoms with Crippen LogP contribution in [0.15, 0.2) is 12.2 Å². The Labute approximate surface area is 89.5 Å². The van der Waals surface area contributed by atoms with Crippen LogP contribution in [0.1, 0.15) is 13.3 Å². The van der Waals surface area contributed by atoms with Crippen LogP contribution in [0.5, 0.6) is 0 Å². The average Bonchev–Trinajstić information content (AvgIpc) is 2.18. The summed E-state index contributed by atoms with van der Waals surface area (Å²) in [4.78, 5) is 13.2. The Bertz CT molecular complexity index is 294. The zero-order valence-electron chi connectivity index (χ0n) is 9.14. The maximum atomic E-state index is 11.5. The average molecular weight is 211 g/mol. The van der Waals surface area contributed by atoms with Crippen LogP contribution < -0.4 is 0 Å². The molecule has 0 unspecified atom stereocenters. The molecular weight excluding hydrogens is 194 g/mol. The van der Waals surface area contributed by atoms with Crippen molar-refractivity contribution >= 4 is 5.91 Å². The van der Waals surface area contributed by atoms with Crippen molar-refractivity contribution in [3.8, 4) is 0 Å². The largest absolute Gasteiger partial charge is 0.390 e. The van der Waals surface area contributed by atoms with Gasteiger partial charge in [0.2, 0.25) is 0 Å². The molecule has 0 aliphatic carbocycles. The van der Waals surface area contributed by atoms with E-state index in [1.807, 2.05) is 6.92 Å². The second kappa shape index (κ2) is 3.61. The predicted octanol–water partition coefficient (Wildman–Crippen LogP) is 0.169. The zero-order valence-corrected chi connectivity index (χ0v) is 9.14. The van der Waals surface area contributed by atoms with Crippen LogP contribution in [0.25, 0.3) is 0 Å². The van der Waals surface area contributed by atoms with E-state index in [2.05, 4.69) is 6.58 Å². The summed E-state index contributed by atoms with van der Waals surface area (Å²) in [6.07, 6.45) is -0.184. The molecule has 2 aliphatic heterocycles. The Morgan fingerprint density at radius 1 is 1.67 bits per heavy atom. The SMILES string of the molecule is C=C(C)[C@@H]1CCN2C(=O)[C@H](OC)[C@@H]2[C@H]1O. The molecule has 1 amide bonds. The number of piperidine rings is 1. The number of amides is 1. The summed E-state index contributed by atoms with van der Waals surface area (Å²) in [5, 5.41) is 10.1. The number of nitrogens with zero attached hydrogens (tertiary/aromatic N) is 1. The summed E-state index contributed by atoms with van der Waals surface area (Å²) in [6, 6.07) is -0.169. The Hall–Kier alpha value is -0.870. The predicted molar refractivity (Wildman–Crippen MR) is 55.2 cm³/mol. The number of ether oxygens (including phenoxy) is 1. The van der Waals surface area contributed by atoms with Crippen molar-refractivity contribution in [3.63, 3.8) is 0 Å². The summed E-state index contributed by atoms with van der Waals surface area (Å²) in [6.45, 7) is 6.51. The second-order valence-electron chi connectivity index (χ2n) is 4.41. The van der Waals surface area contributed by atoms with Gasteiger partial charge in [0.05, 0.1) is 12.1 Å². The molecule has 84 valence electrons. The van der Waals surface area contributed by atoms with E-state index in [0.29, 0.717) is 6.54 Å². The van der Waals surface area contributed by atoms with Crippen LogP contribution in [0.3, 0.4) is 0 Å². The van der Waals surface area contributed by atoms with E-state index in [-0.39, 0.29) is 17.9 Å². The van der Waals surface area contributed by atoms with E-state index < -0.39 is 12.2 Å². The fraction of sp³-hybridized carbons (Fsp3) is 0.727. The summed E-state index contributed by atoms with van der Waals surface area (Å²) >= 11 is 0. The highest BCUT2D eigenvalue weighted by Gasteiger charge is 2.55. The molecule has 4 heteroatoms. The number of aliphatic hydroxyl groups excluding tert-OH is 1. The molecule has 2 aliphatic rings. The van der Waals surface area contributed by atoms with Gasteiger partial charge in [0.15, 0.2) is 6.10 Å². The topological polar surface area (TPSA) is 49.8 Å². The van der Waals surface area contributed by atoms with Gasteiger partial charge in [0.1, 0.15) is 0 Å². The molecule has 2 rings (SSSR count). The lowest BCUT2D eigenvalue weighted by Gasteiger charge is -2.53. The first-order valence-electron chi connectivity index (χ1n) is 5.24. The molecule has 1 N–H and O–H groups in total. The van der Waals surface area contributed by atoms with Gasteiger partial charge < -0.3 is 14.7 Å². The molecule has 0 saturated carbocycles. The van der Waals surface area contributed by atoms with E-state index in [4.69, 9.17) is 4.74 Å². The van der Waals surface area contributed by atoms with Crippen LogP contribution in [0, 0.1) is 5.92 Å². The molecule has 0 radical (unpaired) electrons. The van der Waals surface area contributed by atoms with Crippen LogP contribution in [-0.4, -0.2) is 47.8 Å². The maximum absolute atomic E-state index is 11.5. The summed E-state index contributed by atoms with van der Waals surface area (Å²) < 4.78 is 5.09. The van der Waals surface area contributed by atoms with Gasteiger partial charge in [-0.2, -0.15) is 0 Å². The maximum Gasteiger partial charge on any atom is 0.254 e. The lowest BCUT2D eigenvalue weighted by atomic mass is 9.77. The van der Waals surface area contributed by atoms with Gasteiger partial charge in [0.25, 0.3) is 5.91 Å². The van der Waals surface area contributed by atoms with E-state index in [0.717, 1.165) is 12.0 Å². The van der Waals surface area contributed by atoms with E-state index >= 15 is 0 Å². The first-order valence-corrected chi connectivity index (χ1v) is 5.24. The van der Waals surface area contributed by atoms with Crippen LogP contribution in [0.4, 0.5) is 0 Å². The molecule has 0 bridgehead atoms. The number of hydrogen-bond acceptors (Lipinski definition) is 3. The molecule has 2 heterocycles. The third-order valence-electron chi connectivity index (χ3n) is 3.53. The summed E-state index contributed by atoms with van der Waals surface area (Å²) in [7, 11) is 1.51. The van der Waals surface area contributed by atoms with Gasteiger partial charge in [-0.3, -0.25) is 4.79 Å². The van der Waals surface area contributed by atoms with Crippen LogP contribution >= 0.6 is 0 Å². The van der Waals surface area contributed by atoms with Gasteiger partial charge in [-0.05, 0) is 13.3 Å². The number of methoxy groups -OCH3 is 1. The first kappa shape index (κ1) is 10.6. The number of hydrogen-bond donors (Lipinski definition) is 1. The molecule has 0 spiro atoms. The Morgan fingerprint density at radius 2 is 2.33 bits per heavy atom. The minimum Gasteiger partial charge on any atom is -0.390 e. The van der Waals surface area contributed by atoms with Gasteiger partial charge >= 0.3 is 0 Å². The van der Waals surface area contributed by atoms with E-state index in [9.17, 15) is 9.90 Å². The number of carbonyl (C=O) groups excluding carboxylic acids is 1. The number of fused-ring (bicyclic) bond motifs is 1. The molecule has 2 fully saturated rings. The van der Waals surface area contributed by atoms with Gasteiger partial charge in [-0.1, -0.05) is 12.2 Å². The highest BCUT2D eigenvalue weighted by Crippen LogP contribution is 2.36. The molecular formula is C11H17NO3. The van der Waals surface area contributed by atoms with Gasteiger partial charge in [0, 0.05) is 19.6 Å². The van der Waals surface area contributed by atoms with Crippen molar-refractivity contribution in [2.75, 3.05) is 13.7 Å². The fourth-order valence-corrected chi connectivity index (χ4v) is 2.63. The minimum atomic E-state index is -0.529. The Morgan fingerprint density at radius 3 is 2.87 bits per heavy atom. The highest BCUT2D eigenvalue weighted by atomic mass is 16.5. The molecule has 15 heavy (non-hydrogen) atoms. The molecule has 4 atom stereocenters. The van der Waals surface area contributed by atoms with Crippen LogP contribution in [0.2, 0.25) is 0 Å². The normalized spacial score (nSPS) is 39.7. The highest BCUT2D eigenvalue weighted by molar-refractivity contribution is 5.89. The zero-order chi connectivity index (χ0) is 11.2. The Balaban J connectivity index is 2.14. The van der Waals surface area contributed by atoms with Crippen molar-refractivity contribution in [1.82, 2.24) is 4.90 Å². The minimum absolute atomic E-state index is 0.00159. The molecule has 0 aromatic heterocycles. The van der Waals surface area contributed by atoms with Crippen molar-refractivity contribution in [3.05, 3.63) is 12.2 Å². The van der Waals surface area contributed by atoms with Crippen molar-refractivity contribution in [1.29, 1.82) is 0 Å². The summed E-state index contributed by atoms with van der Waals surface area (Å²) in [5.74, 6) is 0.0960. The van der Waals surface area contributed by atoms with E-state index in [1.165, 1.54) is 7.11 Å². The van der Waals surface area contributed by atoms with Crippen molar-refractivity contribution in [2.45, 2.75) is 31.6 Å². The van der Waals surface area contributed by atoms with E-state index in [1.54, 1.807) is 4.90 Å². The third-order valence-corrected chi connectivity index (χ3v) is 3.53. The first-order chi connectivity index (χ1) is 7.07. The second-order valence-corrected chi connectivity index (χ2v) is 4.41. The number of aliphatic hydroxyl groups is 1. The molecule has 0 aromatic rings. The number of β-lactam (4-membered cyclic amide) rings is 1. The molecule has 4 nitrogen and oxygen atoms in total. The standard InChI is InChI=1S/C11H17NO3/c1-6(2)7-4-5-12-8(9(7)13)10(15-3)11(12)14/h7-10,13H,1,4-5H2,2-3H3/t7-,8-,9-,10+/m0/s1. The number of rotatable bonds is 2. The monoisotopic (exact) mass is 211 g/mol. The van der Waals surface area contributed by atoms with Crippen LogP contribution in [-0.2, 0) is 9.53 Å². The lowest BCUT2D eigenvalue weighted by molar-refractivity contribution is -0.191. The summed E-state index contributed by atoms with van der Waals surface area (Å²) in [5.41, 5.74) is 0.983. The van der Waals surface area contributed by atoms with Crippen molar-refractivity contribution in [2.24, 2.45) is 5.92 Å². The quantitative estimate of drug-likeness (QED) is 0.523. The number of carbonyl (C=O) groups is 1. The van der Waals surface area contributed by atoms with Crippen molar-refractivity contribution < 1.29 is 14.6 Å². The molecule has 2 saturated heterocycles. The lowest BCUT2D eigenvalue weighted by Crippen LogP contribution is -2.73. The van der Waals surface area contributed by atoms with Gasteiger partial charge in [-0.15, -0.1) is 0 Å². The third kappa shape index (κ3) is 1.40. The van der Waals surface area contributed by atoms with Gasteiger partial charge in [-0.25, -0.2) is 0 Å². The fourth-order valence-electron chi connectivity index (χ4n) is 2.63.